The van der Waals surface area contributed by atoms with Gasteiger partial charge >= 0.3 is 11.9 Å². The van der Waals surface area contributed by atoms with Gasteiger partial charge in [-0.2, -0.15) is 8.78 Å². The maximum absolute atomic E-state index is 14.0. The van der Waals surface area contributed by atoms with Crippen LogP contribution in [-0.2, 0) is 22.5 Å². The van der Waals surface area contributed by atoms with Crippen LogP contribution in [0.3, 0.4) is 0 Å². The summed E-state index contributed by atoms with van der Waals surface area (Å²) in [6.07, 6.45) is 0. The molecule has 0 bridgehead atoms. The normalized spacial score (nSPS) is 11.7. The van der Waals surface area contributed by atoms with Gasteiger partial charge in [0.1, 0.15) is 5.82 Å². The van der Waals surface area contributed by atoms with E-state index in [0.717, 1.165) is 22.8 Å². The van der Waals surface area contributed by atoms with Crippen molar-refractivity contribution in [2.75, 3.05) is 6.61 Å². The Labute approximate surface area is 117 Å². The van der Waals surface area contributed by atoms with Crippen molar-refractivity contribution in [3.8, 4) is 0 Å². The van der Waals surface area contributed by atoms with Gasteiger partial charge in [-0.3, -0.25) is 4.79 Å². The number of aryl methyl sites for hydroxylation is 1. The minimum absolute atomic E-state index is 0.0301. The van der Waals surface area contributed by atoms with E-state index in [0.29, 0.717) is 0 Å². The van der Waals surface area contributed by atoms with Crippen LogP contribution in [-0.4, -0.2) is 22.1 Å². The number of esters is 1. The zero-order valence-corrected chi connectivity index (χ0v) is 11.2. The predicted molar refractivity (Wildman–Crippen MR) is 67.5 cm³/mol. The molecule has 8 heteroatoms. The first-order chi connectivity index (χ1) is 9.78. The molecule has 112 valence electrons. The molecule has 21 heavy (non-hydrogen) atoms. The third-order valence-electron chi connectivity index (χ3n) is 2.87. The summed E-state index contributed by atoms with van der Waals surface area (Å²) < 4.78 is 46.1. The smallest absolute Gasteiger partial charge is 0.389 e. The fourth-order valence-electron chi connectivity index (χ4n) is 1.82. The monoisotopic (exact) mass is 300 g/mol. The molecule has 0 amide bonds. The van der Waals surface area contributed by atoms with Crippen LogP contribution in [0.2, 0.25) is 0 Å². The average Bonchev–Trinajstić information content (AvgIpc) is 2.43. The summed E-state index contributed by atoms with van der Waals surface area (Å²) in [4.78, 5) is 26.7. The molecular weight excluding hydrogens is 289 g/mol. The molecule has 0 atom stereocenters. The summed E-state index contributed by atoms with van der Waals surface area (Å²) in [5.74, 6) is -6.66. The van der Waals surface area contributed by atoms with Gasteiger partial charge in [-0.05, 0) is 25.1 Å². The summed E-state index contributed by atoms with van der Waals surface area (Å²) in [5, 5.41) is 0. The number of alkyl halides is 2. The predicted octanol–water partition coefficient (Wildman–Crippen LogP) is 1.73. The van der Waals surface area contributed by atoms with Crippen molar-refractivity contribution in [1.82, 2.24) is 9.55 Å². The molecule has 0 N–H and O–H groups in total. The van der Waals surface area contributed by atoms with Crippen LogP contribution in [0.25, 0.3) is 11.0 Å². The lowest BCUT2D eigenvalue weighted by molar-refractivity contribution is -0.173. The quantitative estimate of drug-likeness (QED) is 0.810. The zero-order chi connectivity index (χ0) is 15.8. The Morgan fingerprint density at radius 1 is 1.43 bits per heavy atom. The first kappa shape index (κ1) is 15.0. The van der Waals surface area contributed by atoms with E-state index in [1.807, 2.05) is 0 Å². The fourth-order valence-corrected chi connectivity index (χ4v) is 1.82. The summed E-state index contributed by atoms with van der Waals surface area (Å²) in [5.41, 5.74) is -2.42. The number of ether oxygens (including phenoxy) is 1. The lowest BCUT2D eigenvalue weighted by Gasteiger charge is -2.15. The van der Waals surface area contributed by atoms with Gasteiger partial charge in [0.2, 0.25) is 0 Å². The molecule has 0 aliphatic carbocycles. The van der Waals surface area contributed by atoms with Gasteiger partial charge in [-0.25, -0.2) is 14.2 Å². The van der Waals surface area contributed by atoms with Crippen molar-refractivity contribution in [2.45, 2.75) is 12.8 Å². The SMILES string of the molecule is CCOC(=O)C(F)(F)c1nc2ccc(F)cc2n(C)c1=O. The number of benzene rings is 1. The third kappa shape index (κ3) is 2.48. The second kappa shape index (κ2) is 5.19. The van der Waals surface area contributed by atoms with E-state index in [9.17, 15) is 22.8 Å². The van der Waals surface area contributed by atoms with E-state index in [4.69, 9.17) is 0 Å². The molecule has 1 aromatic heterocycles. The number of rotatable bonds is 3. The van der Waals surface area contributed by atoms with Crippen LogP contribution in [0.5, 0.6) is 0 Å². The minimum Gasteiger partial charge on any atom is -0.461 e. The molecule has 0 aliphatic heterocycles. The molecule has 0 saturated carbocycles. The number of fused-ring (bicyclic) bond motifs is 1. The van der Waals surface area contributed by atoms with E-state index >= 15 is 0 Å². The van der Waals surface area contributed by atoms with Gasteiger partial charge in [0, 0.05) is 7.05 Å². The Balaban J connectivity index is 2.71. The fraction of sp³-hybridized carbons (Fsp3) is 0.308. The van der Waals surface area contributed by atoms with E-state index in [1.165, 1.54) is 14.0 Å². The highest BCUT2D eigenvalue weighted by Crippen LogP contribution is 2.27. The van der Waals surface area contributed by atoms with Gasteiger partial charge < -0.3 is 9.30 Å². The van der Waals surface area contributed by atoms with E-state index < -0.39 is 29.0 Å². The average molecular weight is 300 g/mol. The second-order valence-electron chi connectivity index (χ2n) is 4.25. The minimum atomic E-state index is -4.17. The summed E-state index contributed by atoms with van der Waals surface area (Å²) in [6.45, 7) is 1.11. The molecule has 0 fully saturated rings. The summed E-state index contributed by atoms with van der Waals surface area (Å²) >= 11 is 0. The first-order valence-corrected chi connectivity index (χ1v) is 6.00. The van der Waals surface area contributed by atoms with Crippen molar-refractivity contribution in [3.63, 3.8) is 0 Å². The van der Waals surface area contributed by atoms with Gasteiger partial charge in [0.05, 0.1) is 17.6 Å². The second-order valence-corrected chi connectivity index (χ2v) is 4.25. The molecular formula is C13H11F3N2O3. The molecule has 2 aromatic rings. The molecule has 2 rings (SSSR count). The zero-order valence-electron chi connectivity index (χ0n) is 11.2. The van der Waals surface area contributed by atoms with Crippen molar-refractivity contribution in [1.29, 1.82) is 0 Å². The van der Waals surface area contributed by atoms with Crippen LogP contribution < -0.4 is 5.56 Å². The maximum Gasteiger partial charge on any atom is 0.389 e. The van der Waals surface area contributed by atoms with Gasteiger partial charge in [0.15, 0.2) is 5.69 Å². The number of carbonyl (C=O) groups is 1. The largest absolute Gasteiger partial charge is 0.461 e. The Bertz CT molecular complexity index is 771. The maximum atomic E-state index is 14.0. The van der Waals surface area contributed by atoms with Crippen molar-refractivity contribution in [3.05, 3.63) is 40.1 Å². The Kier molecular flexibility index (Phi) is 3.71. The molecule has 5 nitrogen and oxygen atoms in total. The number of nitrogens with zero attached hydrogens (tertiary/aromatic N) is 2. The van der Waals surface area contributed by atoms with Gasteiger partial charge in [-0.15, -0.1) is 0 Å². The van der Waals surface area contributed by atoms with Gasteiger partial charge in [-0.1, -0.05) is 0 Å². The van der Waals surface area contributed by atoms with Crippen molar-refractivity contribution in [2.24, 2.45) is 7.05 Å². The Morgan fingerprint density at radius 3 is 2.71 bits per heavy atom. The third-order valence-corrected chi connectivity index (χ3v) is 2.87. The number of halogens is 3. The van der Waals surface area contributed by atoms with Crippen molar-refractivity contribution < 1.29 is 22.7 Å². The lowest BCUT2D eigenvalue weighted by atomic mass is 10.2. The van der Waals surface area contributed by atoms with E-state index in [1.54, 1.807) is 0 Å². The standard InChI is InChI=1S/C13H11F3N2O3/c1-3-21-12(20)13(15,16)10-11(19)18(2)9-6-7(14)4-5-8(9)17-10/h4-6H,3H2,1-2H3. The van der Waals surface area contributed by atoms with Crippen LogP contribution >= 0.6 is 0 Å². The molecule has 1 heterocycles. The molecule has 0 unspecified atom stereocenters. The summed E-state index contributed by atoms with van der Waals surface area (Å²) in [6, 6.07) is 3.16. The molecule has 1 aromatic carbocycles. The summed E-state index contributed by atoms with van der Waals surface area (Å²) in [7, 11) is 1.19. The highest BCUT2D eigenvalue weighted by atomic mass is 19.3. The topological polar surface area (TPSA) is 61.2 Å². The highest BCUT2D eigenvalue weighted by molar-refractivity contribution is 5.80. The highest BCUT2D eigenvalue weighted by Gasteiger charge is 2.47. The van der Waals surface area contributed by atoms with Gasteiger partial charge in [0.25, 0.3) is 5.56 Å². The number of hydrogen-bond donors (Lipinski definition) is 0. The molecule has 0 radical (unpaired) electrons. The Hall–Kier alpha value is -2.38. The van der Waals surface area contributed by atoms with E-state index in [-0.39, 0.29) is 17.6 Å². The first-order valence-electron chi connectivity index (χ1n) is 6.00. The van der Waals surface area contributed by atoms with Crippen LogP contribution in [0, 0.1) is 5.82 Å². The Morgan fingerprint density at radius 2 is 2.10 bits per heavy atom. The van der Waals surface area contributed by atoms with Crippen LogP contribution in [0.4, 0.5) is 13.2 Å². The molecule has 0 spiro atoms. The van der Waals surface area contributed by atoms with E-state index in [2.05, 4.69) is 9.72 Å². The molecule has 0 aliphatic rings. The lowest BCUT2D eigenvalue weighted by Crippen LogP contribution is -2.37. The number of carbonyl (C=O) groups excluding carboxylic acids is 1. The molecule has 0 saturated heterocycles. The van der Waals surface area contributed by atoms with Crippen LogP contribution in [0.1, 0.15) is 12.6 Å². The van der Waals surface area contributed by atoms with Crippen molar-refractivity contribution >= 4 is 17.0 Å². The number of hydrogen-bond acceptors (Lipinski definition) is 4. The number of aromatic nitrogens is 2. The van der Waals surface area contributed by atoms with Crippen LogP contribution in [0.15, 0.2) is 23.0 Å².